The van der Waals surface area contributed by atoms with E-state index in [4.69, 9.17) is 37.4 Å². The zero-order chi connectivity index (χ0) is 19.8. The molecular weight excluding hydrogens is 395 g/mol. The number of carbonyl (C=O) groups excluding carboxylic acids is 2. The highest BCUT2D eigenvalue weighted by Crippen LogP contribution is 2.22. The third-order valence-electron chi connectivity index (χ3n) is 3.22. The van der Waals surface area contributed by atoms with Gasteiger partial charge >= 0.3 is 5.97 Å². The first-order chi connectivity index (χ1) is 12.9. The molecule has 0 aliphatic rings. The standard InChI is InChI=1S/C18H18Cl2N2O5/c1-3-25-13-4-6-14(7-5-13)26-10-16(23)27-11(2)18(24)22-17-15(20)8-12(19)9-21-17/h4-9,11H,3,10H2,1-2H3,(H,21,22,24)/t11-/m0/s1. The number of carbonyl (C=O) groups is 2. The van der Waals surface area contributed by atoms with Gasteiger partial charge in [-0.15, -0.1) is 0 Å². The van der Waals surface area contributed by atoms with Crippen molar-refractivity contribution in [1.29, 1.82) is 0 Å². The van der Waals surface area contributed by atoms with E-state index in [1.165, 1.54) is 19.2 Å². The van der Waals surface area contributed by atoms with E-state index >= 15 is 0 Å². The molecule has 0 saturated heterocycles. The topological polar surface area (TPSA) is 86.8 Å². The van der Waals surface area contributed by atoms with Crippen LogP contribution in [0.15, 0.2) is 36.5 Å². The lowest BCUT2D eigenvalue weighted by atomic mass is 10.3. The van der Waals surface area contributed by atoms with Crippen molar-refractivity contribution in [2.45, 2.75) is 20.0 Å². The van der Waals surface area contributed by atoms with Crippen molar-refractivity contribution in [2.24, 2.45) is 0 Å². The molecule has 0 aliphatic carbocycles. The van der Waals surface area contributed by atoms with Gasteiger partial charge in [-0.1, -0.05) is 23.2 Å². The first kappa shape index (κ1) is 20.8. The van der Waals surface area contributed by atoms with Crippen LogP contribution in [0.3, 0.4) is 0 Å². The van der Waals surface area contributed by atoms with Crippen LogP contribution >= 0.6 is 23.2 Å². The number of esters is 1. The second-order valence-corrected chi connectivity index (χ2v) is 6.14. The summed E-state index contributed by atoms with van der Waals surface area (Å²) in [4.78, 5) is 27.8. The van der Waals surface area contributed by atoms with Crippen LogP contribution in [0, 0.1) is 0 Å². The third-order valence-corrected chi connectivity index (χ3v) is 3.71. The Hall–Kier alpha value is -2.51. The number of hydrogen-bond acceptors (Lipinski definition) is 6. The summed E-state index contributed by atoms with van der Waals surface area (Å²) in [5, 5.41) is 2.97. The quantitative estimate of drug-likeness (QED) is 0.664. The fourth-order valence-electron chi connectivity index (χ4n) is 1.95. The number of nitrogens with zero attached hydrogens (tertiary/aromatic N) is 1. The monoisotopic (exact) mass is 412 g/mol. The van der Waals surface area contributed by atoms with Crippen molar-refractivity contribution in [2.75, 3.05) is 18.5 Å². The second-order valence-electron chi connectivity index (χ2n) is 5.30. The molecule has 0 bridgehead atoms. The number of ether oxygens (including phenoxy) is 3. The van der Waals surface area contributed by atoms with Crippen LogP contribution in [0.1, 0.15) is 13.8 Å². The summed E-state index contributed by atoms with van der Waals surface area (Å²) in [6.07, 6.45) is 0.277. The summed E-state index contributed by atoms with van der Waals surface area (Å²) in [5.74, 6) is 0.0271. The number of benzene rings is 1. The molecule has 144 valence electrons. The Morgan fingerprint density at radius 3 is 2.37 bits per heavy atom. The van der Waals surface area contributed by atoms with Gasteiger partial charge < -0.3 is 19.5 Å². The lowest BCUT2D eigenvalue weighted by molar-refractivity contribution is -0.155. The summed E-state index contributed by atoms with van der Waals surface area (Å²) < 4.78 is 15.7. The molecule has 1 aromatic heterocycles. The molecule has 9 heteroatoms. The molecule has 2 aromatic rings. The zero-order valence-corrected chi connectivity index (χ0v) is 16.2. The van der Waals surface area contributed by atoms with Gasteiger partial charge in [-0.25, -0.2) is 9.78 Å². The van der Waals surface area contributed by atoms with Gasteiger partial charge in [0.25, 0.3) is 5.91 Å². The van der Waals surface area contributed by atoms with Crippen LogP contribution in [0.4, 0.5) is 5.82 Å². The van der Waals surface area contributed by atoms with Gasteiger partial charge in [0, 0.05) is 6.20 Å². The number of aromatic nitrogens is 1. The van der Waals surface area contributed by atoms with Crippen LogP contribution in [-0.2, 0) is 14.3 Å². The van der Waals surface area contributed by atoms with Crippen LogP contribution in [0.5, 0.6) is 11.5 Å². The molecule has 0 saturated carbocycles. The molecule has 0 radical (unpaired) electrons. The van der Waals surface area contributed by atoms with Gasteiger partial charge in [0.15, 0.2) is 18.5 Å². The lowest BCUT2D eigenvalue weighted by Gasteiger charge is -2.14. The summed E-state index contributed by atoms with van der Waals surface area (Å²) in [6, 6.07) is 8.23. The van der Waals surface area contributed by atoms with Crippen molar-refractivity contribution >= 4 is 40.9 Å². The average Bonchev–Trinajstić information content (AvgIpc) is 2.63. The van der Waals surface area contributed by atoms with Crippen LogP contribution in [0.25, 0.3) is 0 Å². The number of nitrogens with one attached hydrogen (secondary N) is 1. The largest absolute Gasteiger partial charge is 0.494 e. The average molecular weight is 413 g/mol. The van der Waals surface area contributed by atoms with Crippen molar-refractivity contribution in [3.63, 3.8) is 0 Å². The molecule has 0 unspecified atom stereocenters. The predicted molar refractivity (Wildman–Crippen MR) is 102 cm³/mol. The Balaban J connectivity index is 1.81. The van der Waals surface area contributed by atoms with E-state index in [2.05, 4.69) is 10.3 Å². The van der Waals surface area contributed by atoms with Crippen molar-refractivity contribution in [3.05, 3.63) is 46.6 Å². The summed E-state index contributed by atoms with van der Waals surface area (Å²) in [7, 11) is 0. The van der Waals surface area contributed by atoms with Gasteiger partial charge in [0.1, 0.15) is 11.5 Å². The van der Waals surface area contributed by atoms with Crippen molar-refractivity contribution in [1.82, 2.24) is 4.98 Å². The van der Waals surface area contributed by atoms with E-state index in [9.17, 15) is 9.59 Å². The Labute approximate surface area is 166 Å². The summed E-state index contributed by atoms with van der Waals surface area (Å²) in [5.41, 5.74) is 0. The minimum Gasteiger partial charge on any atom is -0.494 e. The van der Waals surface area contributed by atoms with Gasteiger partial charge in [0.2, 0.25) is 0 Å². The fraction of sp³-hybridized carbons (Fsp3) is 0.278. The Kier molecular flexibility index (Phi) is 7.69. The minimum atomic E-state index is -1.06. The molecular formula is C18H18Cl2N2O5. The van der Waals surface area contributed by atoms with Gasteiger partial charge in [-0.3, -0.25) is 4.79 Å². The van der Waals surface area contributed by atoms with E-state index in [1.54, 1.807) is 24.3 Å². The number of hydrogen-bond donors (Lipinski definition) is 1. The number of halogens is 2. The van der Waals surface area contributed by atoms with Crippen molar-refractivity contribution in [3.8, 4) is 11.5 Å². The van der Waals surface area contributed by atoms with Gasteiger partial charge in [-0.2, -0.15) is 0 Å². The lowest BCUT2D eigenvalue weighted by Crippen LogP contribution is -2.32. The second kappa shape index (κ2) is 9.99. The van der Waals surface area contributed by atoms with E-state index in [-0.39, 0.29) is 17.4 Å². The Bertz CT molecular complexity index is 799. The molecule has 1 N–H and O–H groups in total. The first-order valence-corrected chi connectivity index (χ1v) is 8.81. The fourth-order valence-corrected chi connectivity index (χ4v) is 2.38. The molecule has 2 rings (SSSR count). The Morgan fingerprint density at radius 2 is 1.78 bits per heavy atom. The first-order valence-electron chi connectivity index (χ1n) is 8.06. The normalized spacial score (nSPS) is 11.4. The highest BCUT2D eigenvalue weighted by Gasteiger charge is 2.19. The number of rotatable bonds is 8. The van der Waals surface area contributed by atoms with E-state index in [0.717, 1.165) is 0 Å². The molecule has 1 heterocycles. The number of anilines is 1. The molecule has 1 aromatic carbocycles. The molecule has 1 atom stereocenters. The zero-order valence-electron chi connectivity index (χ0n) is 14.7. The Morgan fingerprint density at radius 1 is 1.15 bits per heavy atom. The highest BCUT2D eigenvalue weighted by molar-refractivity contribution is 6.36. The van der Waals surface area contributed by atoms with Crippen LogP contribution in [0.2, 0.25) is 10.0 Å². The van der Waals surface area contributed by atoms with Gasteiger partial charge in [0.05, 0.1) is 16.7 Å². The molecule has 27 heavy (non-hydrogen) atoms. The maximum atomic E-state index is 12.1. The maximum Gasteiger partial charge on any atom is 0.344 e. The number of amides is 1. The molecule has 0 fully saturated rings. The molecule has 0 spiro atoms. The van der Waals surface area contributed by atoms with Crippen LogP contribution < -0.4 is 14.8 Å². The smallest absolute Gasteiger partial charge is 0.344 e. The number of pyridine rings is 1. The molecule has 0 aliphatic heterocycles. The maximum absolute atomic E-state index is 12.1. The predicted octanol–water partition coefficient (Wildman–Crippen LogP) is 3.74. The van der Waals surface area contributed by atoms with E-state index in [1.807, 2.05) is 6.92 Å². The van der Waals surface area contributed by atoms with Crippen molar-refractivity contribution < 1.29 is 23.8 Å². The molecule has 1 amide bonds. The SMILES string of the molecule is CCOc1ccc(OCC(=O)O[C@@H](C)C(=O)Nc2ncc(Cl)cc2Cl)cc1. The van der Waals surface area contributed by atoms with Gasteiger partial charge in [-0.05, 0) is 44.2 Å². The minimum absolute atomic E-state index is 0.125. The highest BCUT2D eigenvalue weighted by atomic mass is 35.5. The van der Waals surface area contributed by atoms with Crippen LogP contribution in [-0.4, -0.2) is 36.2 Å². The third kappa shape index (κ3) is 6.62. The van der Waals surface area contributed by atoms with E-state index < -0.39 is 18.0 Å². The summed E-state index contributed by atoms with van der Waals surface area (Å²) in [6.45, 7) is 3.53. The molecule has 7 nitrogen and oxygen atoms in total. The van der Waals surface area contributed by atoms with E-state index in [0.29, 0.717) is 23.1 Å². The summed E-state index contributed by atoms with van der Waals surface area (Å²) >= 11 is 11.7.